The summed E-state index contributed by atoms with van der Waals surface area (Å²) in [6, 6.07) is 3.98. The summed E-state index contributed by atoms with van der Waals surface area (Å²) in [4.78, 5) is 2.35. The Morgan fingerprint density at radius 1 is 1.29 bits per heavy atom. The molecule has 0 radical (unpaired) electrons. The number of rotatable bonds is 5. The van der Waals surface area contributed by atoms with E-state index in [1.54, 1.807) is 11.4 Å². The summed E-state index contributed by atoms with van der Waals surface area (Å²) in [6.45, 7) is 5.01. The molecule has 2 aliphatic heterocycles. The minimum absolute atomic E-state index is 0.0238. The normalized spacial score (nSPS) is 25.5. The Morgan fingerprint density at radius 2 is 2.00 bits per heavy atom. The van der Waals surface area contributed by atoms with Crippen molar-refractivity contribution in [3.05, 3.63) is 23.7 Å². The summed E-state index contributed by atoms with van der Waals surface area (Å²) in [5.74, 6) is 1.91. The zero-order valence-electron chi connectivity index (χ0n) is 14.8. The van der Waals surface area contributed by atoms with Crippen molar-refractivity contribution < 1.29 is 17.6 Å². The minimum Gasteiger partial charge on any atom is -0.465 e. The van der Waals surface area contributed by atoms with E-state index in [2.05, 4.69) is 4.90 Å². The van der Waals surface area contributed by atoms with Gasteiger partial charge in [-0.15, -0.1) is 0 Å². The van der Waals surface area contributed by atoms with Gasteiger partial charge in [0, 0.05) is 31.8 Å². The van der Waals surface area contributed by atoms with Crippen LogP contribution in [-0.4, -0.2) is 62.3 Å². The number of hydrogen-bond donors (Lipinski definition) is 0. The zero-order chi connectivity index (χ0) is 17.4. The number of nitrogens with zero attached hydrogens (tertiary/aromatic N) is 2. The van der Waals surface area contributed by atoms with Crippen molar-refractivity contribution in [2.75, 3.05) is 33.1 Å². The topological polar surface area (TPSA) is 63.0 Å². The van der Waals surface area contributed by atoms with Crippen LogP contribution in [0, 0.1) is 6.92 Å². The quantitative estimate of drug-likeness (QED) is 0.807. The molecule has 0 aliphatic carbocycles. The van der Waals surface area contributed by atoms with E-state index in [-0.39, 0.29) is 11.6 Å². The number of ether oxygens (including phenoxy) is 1. The molecule has 0 amide bonds. The Balaban J connectivity index is 1.69. The second-order valence-corrected chi connectivity index (χ2v) is 9.08. The molecule has 2 fully saturated rings. The number of sulfonamides is 1. The lowest BCUT2D eigenvalue weighted by Crippen LogP contribution is -2.56. The number of aryl methyl sites for hydroxylation is 1. The number of hydrogen-bond acceptors (Lipinski definition) is 5. The van der Waals surface area contributed by atoms with Crippen molar-refractivity contribution in [2.24, 2.45) is 0 Å². The van der Waals surface area contributed by atoms with Crippen molar-refractivity contribution in [3.63, 3.8) is 0 Å². The number of furan rings is 1. The van der Waals surface area contributed by atoms with E-state index in [0.717, 1.165) is 56.8 Å². The van der Waals surface area contributed by atoms with Crippen molar-refractivity contribution in [2.45, 2.75) is 50.7 Å². The fourth-order valence-corrected chi connectivity index (χ4v) is 6.09. The average Bonchev–Trinajstić information content (AvgIpc) is 3.06. The third-order valence-electron chi connectivity index (χ3n) is 5.42. The number of methoxy groups -OCH3 is 1. The van der Waals surface area contributed by atoms with Gasteiger partial charge in [-0.05, 0) is 44.7 Å². The molecule has 3 heterocycles. The van der Waals surface area contributed by atoms with Crippen LogP contribution < -0.4 is 0 Å². The Hall–Kier alpha value is -0.890. The third kappa shape index (κ3) is 3.54. The Bertz CT molecular complexity index is 662. The van der Waals surface area contributed by atoms with Gasteiger partial charge in [0.05, 0.1) is 19.4 Å². The maximum Gasteiger partial charge on any atom is 0.212 e. The standard InChI is InChI=1S/C17H28N2O4S/c1-14-4-5-16(23-14)12-18-10-8-17(9-11-18)7-6-15(13-22-2)19(17)24(3,20)21/h4-5,15H,6-13H2,1-3H3. The van der Waals surface area contributed by atoms with Crippen molar-refractivity contribution in [1.29, 1.82) is 0 Å². The number of piperidine rings is 1. The molecule has 1 spiro atoms. The molecule has 6 nitrogen and oxygen atoms in total. The maximum absolute atomic E-state index is 12.4. The second kappa shape index (κ2) is 6.78. The van der Waals surface area contributed by atoms with E-state index in [1.165, 1.54) is 6.26 Å². The highest BCUT2D eigenvalue weighted by atomic mass is 32.2. The first-order valence-corrected chi connectivity index (χ1v) is 10.4. The van der Waals surface area contributed by atoms with Crippen LogP contribution in [0.1, 0.15) is 37.2 Å². The van der Waals surface area contributed by atoms with Gasteiger partial charge in [0.15, 0.2) is 0 Å². The molecule has 7 heteroatoms. The predicted octanol–water partition coefficient (Wildman–Crippen LogP) is 1.99. The van der Waals surface area contributed by atoms with Gasteiger partial charge < -0.3 is 9.15 Å². The smallest absolute Gasteiger partial charge is 0.212 e. The fraction of sp³-hybridized carbons (Fsp3) is 0.765. The van der Waals surface area contributed by atoms with Crippen LogP contribution in [-0.2, 0) is 21.3 Å². The van der Waals surface area contributed by atoms with Gasteiger partial charge in [0.2, 0.25) is 10.0 Å². The van der Waals surface area contributed by atoms with E-state index in [1.807, 2.05) is 19.1 Å². The summed E-state index contributed by atoms with van der Waals surface area (Å²) in [5, 5.41) is 0. The lowest BCUT2D eigenvalue weighted by molar-refractivity contribution is 0.0633. The minimum atomic E-state index is -3.24. The lowest BCUT2D eigenvalue weighted by atomic mass is 9.86. The summed E-state index contributed by atoms with van der Waals surface area (Å²) >= 11 is 0. The van der Waals surface area contributed by atoms with Crippen LogP contribution in [0.15, 0.2) is 16.5 Å². The van der Waals surface area contributed by atoms with Crippen LogP contribution in [0.2, 0.25) is 0 Å². The van der Waals surface area contributed by atoms with Crippen molar-refractivity contribution >= 4 is 10.0 Å². The van der Waals surface area contributed by atoms with E-state index in [0.29, 0.717) is 6.61 Å². The van der Waals surface area contributed by atoms with Crippen LogP contribution in [0.3, 0.4) is 0 Å². The molecular formula is C17H28N2O4S. The predicted molar refractivity (Wildman–Crippen MR) is 92.3 cm³/mol. The molecule has 0 aromatic carbocycles. The summed E-state index contributed by atoms with van der Waals surface area (Å²) in [5.41, 5.74) is -0.230. The molecule has 136 valence electrons. The Kier molecular flexibility index (Phi) is 5.06. The molecule has 0 bridgehead atoms. The Labute approximate surface area is 144 Å². The first kappa shape index (κ1) is 17.9. The molecule has 1 unspecified atom stereocenters. The van der Waals surface area contributed by atoms with Crippen molar-refractivity contribution in [1.82, 2.24) is 9.21 Å². The van der Waals surface area contributed by atoms with Gasteiger partial charge in [0.1, 0.15) is 11.5 Å². The molecule has 3 rings (SSSR count). The SMILES string of the molecule is COCC1CCC2(CCN(Cc3ccc(C)o3)CC2)N1S(C)(=O)=O. The largest absolute Gasteiger partial charge is 0.465 e. The molecule has 1 atom stereocenters. The molecule has 0 saturated carbocycles. The highest BCUT2D eigenvalue weighted by Crippen LogP contribution is 2.43. The van der Waals surface area contributed by atoms with Gasteiger partial charge in [-0.2, -0.15) is 4.31 Å². The van der Waals surface area contributed by atoms with Crippen LogP contribution in [0.5, 0.6) is 0 Å². The van der Waals surface area contributed by atoms with E-state index >= 15 is 0 Å². The highest BCUT2D eigenvalue weighted by Gasteiger charge is 2.51. The van der Waals surface area contributed by atoms with Gasteiger partial charge in [0.25, 0.3) is 0 Å². The van der Waals surface area contributed by atoms with Gasteiger partial charge >= 0.3 is 0 Å². The van der Waals surface area contributed by atoms with Crippen molar-refractivity contribution in [3.8, 4) is 0 Å². The molecule has 1 aromatic heterocycles. The van der Waals surface area contributed by atoms with E-state index in [9.17, 15) is 8.42 Å². The molecule has 1 aromatic rings. The highest BCUT2D eigenvalue weighted by molar-refractivity contribution is 7.88. The maximum atomic E-state index is 12.4. The Morgan fingerprint density at radius 3 is 2.54 bits per heavy atom. The second-order valence-electron chi connectivity index (χ2n) is 7.22. The van der Waals surface area contributed by atoms with Crippen LogP contribution >= 0.6 is 0 Å². The van der Waals surface area contributed by atoms with Gasteiger partial charge in [-0.3, -0.25) is 4.90 Å². The third-order valence-corrected chi connectivity index (χ3v) is 6.82. The summed E-state index contributed by atoms with van der Waals surface area (Å²) in [7, 11) is -1.60. The summed E-state index contributed by atoms with van der Waals surface area (Å²) in [6.07, 6.45) is 4.90. The number of likely N-dealkylation sites (tertiary alicyclic amines) is 1. The van der Waals surface area contributed by atoms with Gasteiger partial charge in [-0.25, -0.2) is 8.42 Å². The first-order valence-electron chi connectivity index (χ1n) is 8.60. The average molecular weight is 356 g/mol. The van der Waals surface area contributed by atoms with E-state index in [4.69, 9.17) is 9.15 Å². The first-order chi connectivity index (χ1) is 11.3. The molecule has 2 aliphatic rings. The molecule has 24 heavy (non-hydrogen) atoms. The van der Waals surface area contributed by atoms with E-state index < -0.39 is 10.0 Å². The van der Waals surface area contributed by atoms with Crippen LogP contribution in [0.25, 0.3) is 0 Å². The molecule has 2 saturated heterocycles. The summed E-state index contributed by atoms with van der Waals surface area (Å²) < 4.78 is 37.5. The molecular weight excluding hydrogens is 328 g/mol. The lowest BCUT2D eigenvalue weighted by Gasteiger charge is -2.45. The van der Waals surface area contributed by atoms with Gasteiger partial charge in [-0.1, -0.05) is 0 Å². The monoisotopic (exact) mass is 356 g/mol. The fourth-order valence-electron chi connectivity index (χ4n) is 4.40. The zero-order valence-corrected chi connectivity index (χ0v) is 15.6. The molecule has 0 N–H and O–H groups in total. The van der Waals surface area contributed by atoms with Crippen LogP contribution in [0.4, 0.5) is 0 Å².